The first-order chi connectivity index (χ1) is 13.8. The molecule has 0 bridgehead atoms. The van der Waals surface area contributed by atoms with Crippen molar-refractivity contribution in [1.82, 2.24) is 0 Å². The van der Waals surface area contributed by atoms with Gasteiger partial charge in [-0.1, -0.05) is 97.1 Å². The van der Waals surface area contributed by atoms with Crippen molar-refractivity contribution in [3.8, 4) is 33.4 Å². The number of carbonyl (C=O) groups excluding carboxylic acids is 1. The van der Waals surface area contributed by atoms with Gasteiger partial charge in [0.1, 0.15) is 0 Å². The van der Waals surface area contributed by atoms with Gasteiger partial charge in [-0.05, 0) is 49.1 Å². The first-order valence-electron chi connectivity index (χ1n) is 9.35. The van der Waals surface area contributed by atoms with Crippen LogP contribution in [0, 0.1) is 0 Å². The largest absolute Gasteiger partial charge is 0.289 e. The van der Waals surface area contributed by atoms with Crippen LogP contribution in [0.25, 0.3) is 33.4 Å². The minimum absolute atomic E-state index is 0.190. The van der Waals surface area contributed by atoms with Crippen LogP contribution in [-0.4, -0.2) is 12.2 Å². The topological polar surface area (TPSA) is 17.1 Å². The Morgan fingerprint density at radius 1 is 0.571 bits per heavy atom. The van der Waals surface area contributed by atoms with Crippen LogP contribution in [0.15, 0.2) is 103 Å². The van der Waals surface area contributed by atoms with Gasteiger partial charge in [-0.2, -0.15) is 0 Å². The molecule has 136 valence electrons. The molecule has 0 saturated carbocycles. The van der Waals surface area contributed by atoms with Gasteiger partial charge in [-0.25, -0.2) is 0 Å². The van der Waals surface area contributed by atoms with Crippen LogP contribution < -0.4 is 0 Å². The van der Waals surface area contributed by atoms with E-state index in [4.69, 9.17) is 0 Å². The highest BCUT2D eigenvalue weighted by molar-refractivity contribution is 7.58. The molecule has 4 aromatic rings. The molecule has 0 saturated heterocycles. The summed E-state index contributed by atoms with van der Waals surface area (Å²) in [5.41, 5.74) is 7.60. The summed E-state index contributed by atoms with van der Waals surface area (Å²) in [6, 6.07) is 35.1. The van der Waals surface area contributed by atoms with Gasteiger partial charge < -0.3 is 0 Å². The number of carbonyl (C=O) groups is 1. The van der Waals surface area contributed by atoms with Gasteiger partial charge >= 0.3 is 0 Å². The highest BCUT2D eigenvalue weighted by Crippen LogP contribution is 2.43. The molecular weight excluding hydrogens is 359 g/mol. The third-order valence-corrected chi connectivity index (χ3v) is 5.61. The third-order valence-electron chi connectivity index (χ3n) is 4.89. The van der Waals surface area contributed by atoms with E-state index in [0.717, 1.165) is 38.9 Å². The summed E-state index contributed by atoms with van der Waals surface area (Å²) >= 11 is 0. The fourth-order valence-corrected chi connectivity index (χ4v) is 4.07. The highest BCUT2D eigenvalue weighted by Gasteiger charge is 2.20. The molecule has 28 heavy (non-hydrogen) atoms. The summed E-state index contributed by atoms with van der Waals surface area (Å²) in [6.45, 7) is 1.95. The van der Waals surface area contributed by atoms with Gasteiger partial charge in [0.15, 0.2) is 5.52 Å². The van der Waals surface area contributed by atoms with Crippen molar-refractivity contribution in [2.75, 3.05) is 6.66 Å². The van der Waals surface area contributed by atoms with Crippen molar-refractivity contribution < 1.29 is 4.79 Å². The lowest BCUT2D eigenvalue weighted by Gasteiger charge is -2.19. The predicted molar refractivity (Wildman–Crippen MR) is 121 cm³/mol. The molecule has 0 heterocycles. The predicted octanol–water partition coefficient (Wildman–Crippen LogP) is 7.14. The van der Waals surface area contributed by atoms with Crippen LogP contribution in [0.4, 0.5) is 0 Å². The van der Waals surface area contributed by atoms with E-state index in [1.165, 1.54) is 0 Å². The van der Waals surface area contributed by atoms with E-state index >= 15 is 0 Å². The third kappa shape index (κ3) is 3.54. The number of benzene rings is 4. The summed E-state index contributed by atoms with van der Waals surface area (Å²) in [7, 11) is 0.229. The van der Waals surface area contributed by atoms with Crippen LogP contribution in [0.3, 0.4) is 0 Å². The van der Waals surface area contributed by atoms with E-state index in [0.29, 0.717) is 0 Å². The first kappa shape index (κ1) is 18.3. The van der Waals surface area contributed by atoms with E-state index in [1.54, 1.807) is 0 Å². The van der Waals surface area contributed by atoms with Crippen molar-refractivity contribution in [3.63, 3.8) is 0 Å². The summed E-state index contributed by atoms with van der Waals surface area (Å²) in [6.07, 6.45) is 0. The second kappa shape index (κ2) is 8.33. The molecule has 0 amide bonds. The lowest BCUT2D eigenvalue weighted by molar-refractivity contribution is 0.108. The van der Waals surface area contributed by atoms with Crippen LogP contribution in [0.1, 0.15) is 10.4 Å². The molecule has 4 rings (SSSR count). The number of rotatable bonds is 5. The summed E-state index contributed by atoms with van der Waals surface area (Å²) in [5.74, 6) is 0. The number of hydrogen-bond donors (Lipinski definition) is 0. The van der Waals surface area contributed by atoms with Crippen molar-refractivity contribution >= 4 is 14.1 Å². The first-order valence-corrected chi connectivity index (χ1v) is 10.8. The lowest BCUT2D eigenvalue weighted by atomic mass is 9.85. The van der Waals surface area contributed by atoms with Gasteiger partial charge in [-0.15, -0.1) is 0 Å². The Morgan fingerprint density at radius 3 is 1.54 bits per heavy atom. The van der Waals surface area contributed by atoms with Crippen molar-refractivity contribution in [3.05, 3.63) is 109 Å². The van der Waals surface area contributed by atoms with Gasteiger partial charge in [0.25, 0.3) is 0 Å². The molecule has 0 aromatic heterocycles. The molecule has 1 atom stereocenters. The fourth-order valence-electron chi connectivity index (χ4n) is 3.59. The average Bonchev–Trinajstić information content (AvgIpc) is 2.79. The molecule has 0 fully saturated rings. The molecule has 1 unspecified atom stereocenters. The van der Waals surface area contributed by atoms with Crippen LogP contribution in [-0.2, 0) is 0 Å². The Labute approximate surface area is 167 Å². The van der Waals surface area contributed by atoms with Crippen LogP contribution in [0.2, 0.25) is 0 Å². The second-order valence-electron chi connectivity index (χ2n) is 6.59. The highest BCUT2D eigenvalue weighted by atomic mass is 31.1. The molecule has 4 aromatic carbocycles. The van der Waals surface area contributed by atoms with E-state index in [1.807, 2.05) is 43.1 Å². The summed E-state index contributed by atoms with van der Waals surface area (Å²) < 4.78 is 0. The molecular formula is C26H21OP. The maximum absolute atomic E-state index is 12.9. The van der Waals surface area contributed by atoms with E-state index in [2.05, 4.69) is 66.7 Å². The lowest BCUT2D eigenvalue weighted by Crippen LogP contribution is -2.00. The van der Waals surface area contributed by atoms with Crippen molar-refractivity contribution in [1.29, 1.82) is 0 Å². The molecule has 0 aliphatic rings. The Bertz CT molecular complexity index is 1090. The van der Waals surface area contributed by atoms with Crippen molar-refractivity contribution in [2.24, 2.45) is 0 Å². The zero-order chi connectivity index (χ0) is 19.3. The van der Waals surface area contributed by atoms with Gasteiger partial charge in [0.2, 0.25) is 0 Å². The standard InChI is InChI=1S/C26H21OP/c1-28-26(27)23-18-17-22(19-11-5-2-6-12-19)24(20-13-7-3-8-14-20)25(23)21-15-9-4-10-16-21/h2-18,28H,1H3. The van der Waals surface area contributed by atoms with Gasteiger partial charge in [0, 0.05) is 11.1 Å². The smallest absolute Gasteiger partial charge is 0.181 e. The molecule has 2 heteroatoms. The Hall–Kier alpha value is -3.02. The zero-order valence-electron chi connectivity index (χ0n) is 15.7. The van der Waals surface area contributed by atoms with Gasteiger partial charge in [0.05, 0.1) is 0 Å². The summed E-state index contributed by atoms with van der Waals surface area (Å²) in [5, 5.41) is 0. The van der Waals surface area contributed by atoms with Gasteiger partial charge in [-0.3, -0.25) is 4.79 Å². The van der Waals surface area contributed by atoms with E-state index < -0.39 is 0 Å². The van der Waals surface area contributed by atoms with E-state index in [9.17, 15) is 4.79 Å². The van der Waals surface area contributed by atoms with E-state index in [-0.39, 0.29) is 14.1 Å². The minimum atomic E-state index is 0.190. The SMILES string of the molecule is CPC(=O)c1ccc(-c2ccccc2)c(-c2ccccc2)c1-c1ccccc1. The average molecular weight is 380 g/mol. The zero-order valence-corrected chi connectivity index (χ0v) is 16.7. The fraction of sp³-hybridized carbons (Fsp3) is 0.0385. The normalized spacial score (nSPS) is 11.0. The molecule has 0 spiro atoms. The molecule has 0 radical (unpaired) electrons. The van der Waals surface area contributed by atoms with Crippen LogP contribution in [0.5, 0.6) is 0 Å². The monoisotopic (exact) mass is 380 g/mol. The minimum Gasteiger partial charge on any atom is -0.289 e. The Kier molecular flexibility index (Phi) is 5.46. The maximum Gasteiger partial charge on any atom is 0.181 e. The second-order valence-corrected chi connectivity index (χ2v) is 7.54. The summed E-state index contributed by atoms with van der Waals surface area (Å²) in [4.78, 5) is 12.9. The van der Waals surface area contributed by atoms with Crippen LogP contribution >= 0.6 is 8.58 Å². The molecule has 1 nitrogen and oxygen atoms in total. The van der Waals surface area contributed by atoms with Crippen molar-refractivity contribution in [2.45, 2.75) is 0 Å². The molecule has 0 aliphatic heterocycles. The maximum atomic E-state index is 12.9. The quantitative estimate of drug-likeness (QED) is 0.336. The number of hydrogen-bond acceptors (Lipinski definition) is 1. The Morgan fingerprint density at radius 2 is 1.04 bits per heavy atom. The molecule has 0 aliphatic carbocycles. The molecule has 0 N–H and O–H groups in total. The Balaban J connectivity index is 2.12.